The van der Waals surface area contributed by atoms with Gasteiger partial charge in [-0.15, -0.1) is 10.6 Å². The molecule has 0 fully saturated rings. The molecule has 2 N–H and O–H groups in total. The topological polar surface area (TPSA) is 62.0 Å². The van der Waals surface area contributed by atoms with Gasteiger partial charge in [0.15, 0.2) is 5.04 Å². The molecule has 9 heavy (non-hydrogen) atoms. The van der Waals surface area contributed by atoms with Crippen LogP contribution in [0.5, 0.6) is 0 Å². The number of nitrogens with zero attached hydrogens (tertiary/aromatic N) is 1. The monoisotopic (exact) mass is 151 g/mol. The second-order valence-electron chi connectivity index (χ2n) is 1.81. The molecule has 4 nitrogen and oxygen atoms in total. The average molecular weight is 151 g/mol. The minimum Gasteiger partial charge on any atom is -0.393 e. The molecule has 0 bridgehead atoms. The van der Waals surface area contributed by atoms with E-state index in [1.807, 2.05) is 0 Å². The summed E-state index contributed by atoms with van der Waals surface area (Å²) in [5.41, 5.74) is 0. The van der Waals surface area contributed by atoms with E-state index in [0.717, 1.165) is 0 Å². The van der Waals surface area contributed by atoms with E-state index in [4.69, 9.17) is 9.11 Å². The highest BCUT2D eigenvalue weighted by Gasteiger charge is 2.20. The van der Waals surface area contributed by atoms with Crippen molar-refractivity contribution in [2.75, 3.05) is 12.4 Å². The van der Waals surface area contributed by atoms with Crippen molar-refractivity contribution >= 4 is 15.6 Å². The Hall–Kier alpha value is -0.260. The Labute approximate surface area is 54.9 Å². The van der Waals surface area contributed by atoms with Crippen LogP contribution in [0.1, 0.15) is 6.92 Å². The summed E-state index contributed by atoms with van der Waals surface area (Å²) in [5.74, 6) is 0.280. The third-order valence-electron chi connectivity index (χ3n) is 1.13. The van der Waals surface area contributed by atoms with Crippen LogP contribution in [0.4, 0.5) is 0 Å². The molecular weight excluding hydrogens is 142 g/mol. The standard InChI is InChI=1S/C4H9NO3S/c1-4-5-8-2-3-9(4,6)7/h6-7H,2-3H2,1H3. The van der Waals surface area contributed by atoms with E-state index in [1.165, 1.54) is 0 Å². The van der Waals surface area contributed by atoms with E-state index < -0.39 is 10.6 Å². The Bertz CT molecular complexity index is 145. The summed E-state index contributed by atoms with van der Waals surface area (Å²) in [7, 11) is -2.54. The second kappa shape index (κ2) is 2.17. The molecule has 1 heterocycles. The van der Waals surface area contributed by atoms with Crippen LogP contribution in [0.2, 0.25) is 0 Å². The first kappa shape index (κ1) is 6.85. The van der Waals surface area contributed by atoms with Crippen molar-refractivity contribution in [1.29, 1.82) is 0 Å². The molecule has 0 saturated carbocycles. The van der Waals surface area contributed by atoms with Gasteiger partial charge in [-0.1, -0.05) is 5.16 Å². The lowest BCUT2D eigenvalue weighted by Gasteiger charge is -2.33. The van der Waals surface area contributed by atoms with Crippen LogP contribution in [-0.4, -0.2) is 26.5 Å². The first-order valence-electron chi connectivity index (χ1n) is 2.55. The maximum Gasteiger partial charge on any atom is 0.159 e. The quantitative estimate of drug-likeness (QED) is 0.545. The maximum absolute atomic E-state index is 9.07. The van der Waals surface area contributed by atoms with Crippen molar-refractivity contribution in [3.8, 4) is 0 Å². The predicted molar refractivity (Wildman–Crippen MR) is 36.8 cm³/mol. The van der Waals surface area contributed by atoms with Gasteiger partial charge in [0.2, 0.25) is 0 Å². The molecule has 0 spiro atoms. The lowest BCUT2D eigenvalue weighted by Crippen LogP contribution is -2.19. The minimum absolute atomic E-state index is 0.280. The van der Waals surface area contributed by atoms with Crippen LogP contribution in [0, 0.1) is 0 Å². The highest BCUT2D eigenvalue weighted by Crippen LogP contribution is 2.41. The Morgan fingerprint density at radius 3 is 2.67 bits per heavy atom. The van der Waals surface area contributed by atoms with Gasteiger partial charge in [-0.05, 0) is 6.92 Å². The smallest absolute Gasteiger partial charge is 0.159 e. The maximum atomic E-state index is 9.07. The average Bonchev–Trinajstić information content (AvgIpc) is 1.77. The zero-order valence-electron chi connectivity index (χ0n) is 5.07. The van der Waals surface area contributed by atoms with E-state index in [2.05, 4.69) is 9.99 Å². The first-order valence-corrected chi connectivity index (χ1v) is 4.27. The number of rotatable bonds is 0. The van der Waals surface area contributed by atoms with Gasteiger partial charge in [-0.25, -0.2) is 0 Å². The molecule has 0 amide bonds. The van der Waals surface area contributed by atoms with Gasteiger partial charge in [0.25, 0.3) is 0 Å². The molecule has 0 aliphatic carbocycles. The Kier molecular flexibility index (Phi) is 1.65. The lowest BCUT2D eigenvalue weighted by atomic mass is 10.8. The van der Waals surface area contributed by atoms with E-state index >= 15 is 0 Å². The van der Waals surface area contributed by atoms with Crippen LogP contribution in [-0.2, 0) is 4.84 Å². The van der Waals surface area contributed by atoms with Gasteiger partial charge in [-0.2, -0.15) is 0 Å². The summed E-state index contributed by atoms with van der Waals surface area (Å²) in [6.07, 6.45) is 0. The fourth-order valence-electron chi connectivity index (χ4n) is 0.497. The third kappa shape index (κ3) is 1.35. The molecule has 0 aromatic heterocycles. The van der Waals surface area contributed by atoms with Gasteiger partial charge in [0.1, 0.15) is 6.61 Å². The van der Waals surface area contributed by atoms with Crippen molar-refractivity contribution in [3.63, 3.8) is 0 Å². The molecule has 0 aromatic carbocycles. The normalized spacial score (nSPS) is 28.1. The number of oxime groups is 1. The van der Waals surface area contributed by atoms with Crippen molar-refractivity contribution < 1.29 is 13.9 Å². The number of hydrogen-bond donors (Lipinski definition) is 2. The van der Waals surface area contributed by atoms with Gasteiger partial charge >= 0.3 is 0 Å². The summed E-state index contributed by atoms with van der Waals surface area (Å²) in [5, 5.41) is 3.74. The molecule has 0 unspecified atom stereocenters. The Balaban J connectivity index is 2.73. The molecule has 5 heteroatoms. The van der Waals surface area contributed by atoms with E-state index in [0.29, 0.717) is 11.7 Å². The fraction of sp³-hybridized carbons (Fsp3) is 0.750. The highest BCUT2D eigenvalue weighted by molar-refractivity contribution is 8.36. The molecule has 0 atom stereocenters. The van der Waals surface area contributed by atoms with E-state index in [1.54, 1.807) is 6.92 Å². The first-order chi connectivity index (χ1) is 4.13. The summed E-state index contributed by atoms with van der Waals surface area (Å²) in [6.45, 7) is 1.86. The van der Waals surface area contributed by atoms with Crippen LogP contribution >= 0.6 is 10.6 Å². The van der Waals surface area contributed by atoms with Crippen molar-refractivity contribution in [1.82, 2.24) is 0 Å². The van der Waals surface area contributed by atoms with E-state index in [-0.39, 0.29) is 5.75 Å². The predicted octanol–water partition coefficient (Wildman–Crippen LogP) is 1.10. The fourth-order valence-corrected chi connectivity index (χ4v) is 1.27. The molecular formula is C4H9NO3S. The minimum atomic E-state index is -2.54. The molecule has 0 radical (unpaired) electrons. The van der Waals surface area contributed by atoms with Crippen molar-refractivity contribution in [2.24, 2.45) is 5.16 Å². The summed E-state index contributed by atoms with van der Waals surface area (Å²) in [4.78, 5) is 4.61. The Morgan fingerprint density at radius 2 is 2.33 bits per heavy atom. The zero-order valence-corrected chi connectivity index (χ0v) is 5.89. The van der Waals surface area contributed by atoms with Gasteiger partial charge in [0.05, 0.1) is 5.75 Å². The summed E-state index contributed by atoms with van der Waals surface area (Å²) in [6, 6.07) is 0. The van der Waals surface area contributed by atoms with Gasteiger partial charge in [0, 0.05) is 0 Å². The zero-order chi connectivity index (χ0) is 6.91. The van der Waals surface area contributed by atoms with Crippen LogP contribution in [0.3, 0.4) is 0 Å². The molecule has 0 saturated heterocycles. The van der Waals surface area contributed by atoms with Gasteiger partial charge in [-0.3, -0.25) is 9.11 Å². The van der Waals surface area contributed by atoms with Crippen LogP contribution < -0.4 is 0 Å². The second-order valence-corrected chi connectivity index (χ2v) is 4.15. The third-order valence-corrected chi connectivity index (χ3v) is 2.88. The molecule has 54 valence electrons. The highest BCUT2D eigenvalue weighted by atomic mass is 32.3. The van der Waals surface area contributed by atoms with Crippen molar-refractivity contribution in [2.45, 2.75) is 6.92 Å². The van der Waals surface area contributed by atoms with Crippen molar-refractivity contribution in [3.05, 3.63) is 0 Å². The van der Waals surface area contributed by atoms with E-state index in [9.17, 15) is 0 Å². The summed E-state index contributed by atoms with van der Waals surface area (Å²) >= 11 is 0. The van der Waals surface area contributed by atoms with Crippen LogP contribution in [0.15, 0.2) is 5.16 Å². The summed E-state index contributed by atoms with van der Waals surface area (Å²) < 4.78 is 18.1. The lowest BCUT2D eigenvalue weighted by molar-refractivity contribution is 0.155. The molecule has 0 aromatic rings. The SMILES string of the molecule is CC1=NOCCS1(O)O. The number of hydrogen-bond acceptors (Lipinski definition) is 4. The molecule has 1 aliphatic heterocycles. The Morgan fingerprint density at radius 1 is 1.67 bits per heavy atom. The van der Waals surface area contributed by atoms with Crippen LogP contribution in [0.25, 0.3) is 0 Å². The largest absolute Gasteiger partial charge is 0.393 e. The van der Waals surface area contributed by atoms with Gasteiger partial charge < -0.3 is 4.84 Å². The molecule has 1 aliphatic rings. The molecule has 1 rings (SSSR count).